The van der Waals surface area contributed by atoms with Gasteiger partial charge in [0.1, 0.15) is 42.3 Å². The first-order chi connectivity index (χ1) is 29.7. The van der Waals surface area contributed by atoms with Crippen molar-refractivity contribution >= 4 is 96.3 Å². The summed E-state index contributed by atoms with van der Waals surface area (Å²) >= 11 is 9.48. The summed E-state index contributed by atoms with van der Waals surface area (Å²) in [5, 5.41) is 24.9. The van der Waals surface area contributed by atoms with Crippen LogP contribution in [0.5, 0.6) is 0 Å². The van der Waals surface area contributed by atoms with Gasteiger partial charge in [-0.2, -0.15) is 37.0 Å². The number of thiol groups is 2. The number of carboxylic acid groups (broad SMARTS) is 1. The molecule has 0 aromatic rings. The van der Waals surface area contributed by atoms with Crippen LogP contribution < -0.4 is 60.6 Å². The molecule has 0 unspecified atom stereocenters. The maximum Gasteiger partial charge on any atom is 0.327 e. The molecule has 0 aliphatic carbocycles. The van der Waals surface area contributed by atoms with Gasteiger partial charge in [0, 0.05) is 31.1 Å². The summed E-state index contributed by atoms with van der Waals surface area (Å²) in [7, 11) is 0. The number of aliphatic carboxylic acids is 1. The fourth-order valence-electron chi connectivity index (χ4n) is 6.28. The van der Waals surface area contributed by atoms with Crippen molar-refractivity contribution in [1.82, 2.24) is 36.8 Å². The Bertz CT molecular complexity index is 1620. The standard InChI is InChI=1S/C37H68N14O9S3/c1-19(2)16-25(32(56)46-22(8-5-12-43-36(39)40)30(54)45-20(3)28(52)50-26(18-62)35(59)60)49-31(55)23(9-6-13-44-37(41)42)47-33(57)27-10-7-14-51(27)34(58)24(11-15-63-4)48-29(53)21(38)17-61/h19-27,61-62H,5-18,38H2,1-4H3,(H,45,54)(H,46,56)(H,47,57)(H,48,53)(H,49,55)(H,50,52)(H,59,60)(H4,39,40,43)(H4,41,42,44)/t20-,21-,22+,23+,24+,25+,26+,27+/m1/s1. The van der Waals surface area contributed by atoms with Gasteiger partial charge in [0.2, 0.25) is 41.4 Å². The minimum absolute atomic E-state index is 0.0106. The number of aliphatic imine (C=N–C) groups is 2. The SMILES string of the molecule is CSCC[C@H](NC(=O)[C@H](N)CS)C(=O)N1CCC[C@H]1C(=O)N[C@@H](CCCN=C(N)N)C(=O)N[C@@H](CC(C)C)C(=O)N[C@@H](CCCN=C(N)N)C(=O)N[C@H](C)C(=O)N[C@@H](CS)C(=O)O. The topological polar surface area (TPSA) is 387 Å². The minimum Gasteiger partial charge on any atom is -0.480 e. The van der Waals surface area contributed by atoms with Gasteiger partial charge < -0.3 is 70.6 Å². The van der Waals surface area contributed by atoms with E-state index in [9.17, 15) is 43.5 Å². The van der Waals surface area contributed by atoms with E-state index >= 15 is 0 Å². The van der Waals surface area contributed by atoms with Gasteiger partial charge in [-0.3, -0.25) is 43.5 Å². The van der Waals surface area contributed by atoms with Crippen LogP contribution in [0.2, 0.25) is 0 Å². The van der Waals surface area contributed by atoms with Gasteiger partial charge in [0.05, 0.1) is 6.04 Å². The van der Waals surface area contributed by atoms with E-state index < -0.39 is 95.7 Å². The average molecular weight is 949 g/mol. The molecular weight excluding hydrogens is 881 g/mol. The van der Waals surface area contributed by atoms with Crippen LogP contribution in [0.4, 0.5) is 0 Å². The van der Waals surface area contributed by atoms with Gasteiger partial charge in [-0.25, -0.2) is 4.79 Å². The van der Waals surface area contributed by atoms with Crippen molar-refractivity contribution in [2.75, 3.05) is 43.1 Å². The second-order valence-electron chi connectivity index (χ2n) is 15.3. The van der Waals surface area contributed by atoms with E-state index in [1.807, 2.05) is 20.1 Å². The lowest BCUT2D eigenvalue weighted by atomic mass is 10.0. The van der Waals surface area contributed by atoms with Crippen molar-refractivity contribution in [3.05, 3.63) is 0 Å². The van der Waals surface area contributed by atoms with Crippen LogP contribution in [0.3, 0.4) is 0 Å². The third-order valence-electron chi connectivity index (χ3n) is 9.64. The van der Waals surface area contributed by atoms with E-state index in [1.54, 1.807) is 0 Å². The van der Waals surface area contributed by atoms with Crippen LogP contribution in [0.25, 0.3) is 0 Å². The Kier molecular flexibility index (Phi) is 26.5. The number of guanidine groups is 2. The number of hydrogen-bond donors (Lipinski definition) is 14. The van der Waals surface area contributed by atoms with Gasteiger partial charge in [0.25, 0.3) is 0 Å². The Balaban J connectivity index is 3.39. The molecule has 1 aliphatic rings. The zero-order valence-electron chi connectivity index (χ0n) is 36.3. The van der Waals surface area contributed by atoms with E-state index in [4.69, 9.17) is 28.7 Å². The van der Waals surface area contributed by atoms with Gasteiger partial charge >= 0.3 is 5.97 Å². The first-order valence-corrected chi connectivity index (χ1v) is 23.2. The highest BCUT2D eigenvalue weighted by atomic mass is 32.2. The second kappa shape index (κ2) is 29.6. The van der Waals surface area contributed by atoms with Gasteiger partial charge in [-0.15, -0.1) is 0 Å². The summed E-state index contributed by atoms with van der Waals surface area (Å²) in [6, 6.07) is -9.18. The number of carbonyl (C=O) groups is 8. The summed E-state index contributed by atoms with van der Waals surface area (Å²) in [6.07, 6.45) is 3.42. The number of likely N-dealkylation sites (tertiary alicyclic amines) is 1. The molecule has 26 heteroatoms. The highest BCUT2D eigenvalue weighted by molar-refractivity contribution is 7.98. The highest BCUT2D eigenvalue weighted by Crippen LogP contribution is 2.21. The maximum absolute atomic E-state index is 14.1. The summed E-state index contributed by atoms with van der Waals surface area (Å²) in [4.78, 5) is 116. The zero-order valence-corrected chi connectivity index (χ0v) is 38.9. The van der Waals surface area contributed by atoms with Crippen LogP contribution in [0, 0.1) is 5.92 Å². The van der Waals surface area contributed by atoms with Crippen molar-refractivity contribution in [3.63, 3.8) is 0 Å². The first-order valence-electron chi connectivity index (χ1n) is 20.6. The predicted octanol–water partition coefficient (Wildman–Crippen LogP) is -3.92. The molecule has 0 aromatic carbocycles. The Morgan fingerprint density at radius 2 is 1.21 bits per heavy atom. The van der Waals surface area contributed by atoms with Crippen molar-refractivity contribution in [3.8, 4) is 0 Å². The molecule has 8 atom stereocenters. The number of rotatable bonds is 29. The molecule has 63 heavy (non-hydrogen) atoms. The summed E-state index contributed by atoms with van der Waals surface area (Å²) in [5.41, 5.74) is 27.7. The largest absolute Gasteiger partial charge is 0.480 e. The monoisotopic (exact) mass is 948 g/mol. The number of nitrogens with zero attached hydrogens (tertiary/aromatic N) is 3. The Hall–Kier alpha value is -4.69. The predicted molar refractivity (Wildman–Crippen MR) is 248 cm³/mol. The van der Waals surface area contributed by atoms with E-state index in [0.717, 1.165) is 0 Å². The minimum atomic E-state index is -1.32. The molecule has 17 N–H and O–H groups in total. The highest BCUT2D eigenvalue weighted by Gasteiger charge is 2.39. The summed E-state index contributed by atoms with van der Waals surface area (Å²) < 4.78 is 0. The number of thioether (sulfide) groups is 1. The van der Waals surface area contributed by atoms with E-state index in [1.165, 1.54) is 23.6 Å². The van der Waals surface area contributed by atoms with E-state index in [2.05, 4.69) is 67.1 Å². The van der Waals surface area contributed by atoms with Gasteiger partial charge in [-0.1, -0.05) is 13.8 Å². The van der Waals surface area contributed by atoms with Crippen LogP contribution in [0.15, 0.2) is 9.98 Å². The molecule has 1 fully saturated rings. The molecular formula is C37H68N14O9S3. The smallest absolute Gasteiger partial charge is 0.327 e. The fourth-order valence-corrected chi connectivity index (χ4v) is 7.16. The fraction of sp³-hybridized carbons (Fsp3) is 0.730. The number of hydrogen-bond acceptors (Lipinski definition) is 14. The van der Waals surface area contributed by atoms with Crippen molar-refractivity contribution in [2.45, 2.75) is 120 Å². The van der Waals surface area contributed by atoms with E-state index in [-0.39, 0.29) is 93.9 Å². The first kappa shape index (κ1) is 56.3. The van der Waals surface area contributed by atoms with E-state index in [0.29, 0.717) is 12.2 Å². The van der Waals surface area contributed by atoms with Crippen molar-refractivity contribution < 1.29 is 43.5 Å². The molecule has 1 heterocycles. The normalized spacial score (nSPS) is 16.8. The summed E-state index contributed by atoms with van der Waals surface area (Å²) in [6.45, 7) is 5.37. The number of nitrogens with two attached hydrogens (primary N) is 5. The molecule has 0 spiro atoms. The lowest BCUT2D eigenvalue weighted by molar-refractivity contribution is -0.142. The quantitative estimate of drug-likeness (QED) is 0.0147. The number of carbonyl (C=O) groups excluding carboxylic acids is 7. The molecule has 1 aliphatic heterocycles. The Morgan fingerprint density at radius 1 is 0.698 bits per heavy atom. The third-order valence-corrected chi connectivity index (χ3v) is 11.0. The average Bonchev–Trinajstić information content (AvgIpc) is 3.72. The Labute approximate surface area is 383 Å². The lowest BCUT2D eigenvalue weighted by Crippen LogP contribution is -2.60. The van der Waals surface area contributed by atoms with Crippen molar-refractivity contribution in [2.24, 2.45) is 44.6 Å². The molecule has 0 saturated carbocycles. The molecule has 1 saturated heterocycles. The van der Waals surface area contributed by atoms with Crippen molar-refractivity contribution in [1.29, 1.82) is 0 Å². The number of amides is 7. The molecule has 0 bridgehead atoms. The second-order valence-corrected chi connectivity index (χ2v) is 17.1. The zero-order chi connectivity index (χ0) is 47.8. The van der Waals surface area contributed by atoms with Crippen LogP contribution in [0.1, 0.15) is 72.1 Å². The van der Waals surface area contributed by atoms with Crippen LogP contribution in [-0.2, 0) is 38.4 Å². The van der Waals surface area contributed by atoms with Gasteiger partial charge in [0.15, 0.2) is 11.9 Å². The molecule has 358 valence electrons. The molecule has 0 radical (unpaired) electrons. The Morgan fingerprint density at radius 3 is 1.71 bits per heavy atom. The summed E-state index contributed by atoms with van der Waals surface area (Å²) in [5.74, 6) is -6.24. The molecule has 23 nitrogen and oxygen atoms in total. The molecule has 0 aromatic heterocycles. The molecule has 1 rings (SSSR count). The number of nitrogens with one attached hydrogen (secondary N) is 6. The molecule has 7 amide bonds. The maximum atomic E-state index is 14.1. The van der Waals surface area contributed by atoms with Gasteiger partial charge in [-0.05, 0) is 76.2 Å². The third kappa shape index (κ3) is 21.0. The van der Waals surface area contributed by atoms with Crippen LogP contribution >= 0.6 is 37.0 Å². The number of carboxylic acids is 1. The lowest BCUT2D eigenvalue weighted by Gasteiger charge is -2.30. The van der Waals surface area contributed by atoms with Crippen LogP contribution in [-0.4, -0.2) is 161 Å².